The van der Waals surface area contributed by atoms with Gasteiger partial charge in [0.2, 0.25) is 20.0 Å². The molecule has 3 rings (SSSR count). The Morgan fingerprint density at radius 1 is 1.00 bits per heavy atom. The van der Waals surface area contributed by atoms with E-state index in [-0.39, 0.29) is 17.3 Å². The van der Waals surface area contributed by atoms with E-state index in [1.165, 1.54) is 28.6 Å². The summed E-state index contributed by atoms with van der Waals surface area (Å²) in [5.41, 5.74) is 1.52. The summed E-state index contributed by atoms with van der Waals surface area (Å²) in [7, 11) is -7.25. The number of benzene rings is 2. The van der Waals surface area contributed by atoms with E-state index in [4.69, 9.17) is 5.14 Å². The molecule has 0 radical (unpaired) electrons. The third-order valence-electron chi connectivity index (χ3n) is 4.03. The zero-order valence-corrected chi connectivity index (χ0v) is 15.1. The van der Waals surface area contributed by atoms with Crippen molar-refractivity contribution in [2.45, 2.75) is 11.4 Å². The van der Waals surface area contributed by atoms with Crippen molar-refractivity contribution in [2.24, 2.45) is 5.14 Å². The van der Waals surface area contributed by atoms with Crippen molar-refractivity contribution in [3.05, 3.63) is 60.2 Å². The number of hydrogen-bond donors (Lipinski definition) is 1. The first-order valence-electron chi connectivity index (χ1n) is 7.65. The number of primary sulfonamides is 1. The van der Waals surface area contributed by atoms with E-state index in [2.05, 4.69) is 0 Å². The Hall–Kier alpha value is -1.94. The van der Waals surface area contributed by atoms with Crippen molar-refractivity contribution in [2.75, 3.05) is 23.3 Å². The largest absolute Gasteiger partial charge is 0.280 e. The van der Waals surface area contributed by atoms with Gasteiger partial charge in [-0.1, -0.05) is 30.3 Å². The fraction of sp³-hybridized carbons (Fsp3) is 0.250. The van der Waals surface area contributed by atoms with Gasteiger partial charge in [-0.2, -0.15) is 0 Å². The summed E-state index contributed by atoms with van der Waals surface area (Å²) < 4.78 is 48.8. The van der Waals surface area contributed by atoms with Gasteiger partial charge < -0.3 is 0 Å². The summed E-state index contributed by atoms with van der Waals surface area (Å²) in [4.78, 5) is 1.98. The molecule has 0 atom stereocenters. The predicted molar refractivity (Wildman–Crippen MR) is 95.8 cm³/mol. The average Bonchev–Trinajstić information content (AvgIpc) is 2.57. The van der Waals surface area contributed by atoms with Crippen LogP contribution in [0.15, 0.2) is 59.5 Å². The smallest absolute Gasteiger partial charge is 0.238 e. The van der Waals surface area contributed by atoms with Gasteiger partial charge in [-0.25, -0.2) is 22.0 Å². The average molecular weight is 381 g/mol. The standard InChI is InChI=1S/C16H19N3O4S2/c17-25(22,23)16-8-6-15(7-9-16)19-13-18(10-11-24(19,20)21)12-14-4-2-1-3-5-14/h1-9H,10-13H2,(H2,17,22,23). The number of anilines is 1. The van der Waals surface area contributed by atoms with Crippen LogP contribution >= 0.6 is 0 Å². The highest BCUT2D eigenvalue weighted by Gasteiger charge is 2.30. The predicted octanol–water partition coefficient (Wildman–Crippen LogP) is 0.943. The molecule has 0 saturated carbocycles. The molecule has 1 aliphatic heterocycles. The monoisotopic (exact) mass is 381 g/mol. The maximum Gasteiger partial charge on any atom is 0.238 e. The van der Waals surface area contributed by atoms with Crippen LogP contribution in [0.3, 0.4) is 0 Å². The number of sulfonamides is 2. The highest BCUT2D eigenvalue weighted by Crippen LogP contribution is 2.24. The van der Waals surface area contributed by atoms with E-state index in [1.807, 2.05) is 35.2 Å². The SMILES string of the molecule is NS(=O)(=O)c1ccc(N2CN(Cc3ccccc3)CCS2(=O)=O)cc1. The molecular formula is C16H19N3O4S2. The van der Waals surface area contributed by atoms with Crippen LogP contribution in [0.25, 0.3) is 0 Å². The topological polar surface area (TPSA) is 101 Å². The molecular weight excluding hydrogens is 362 g/mol. The van der Waals surface area contributed by atoms with Gasteiger partial charge in [0.15, 0.2) is 0 Å². The molecule has 2 N–H and O–H groups in total. The third-order valence-corrected chi connectivity index (χ3v) is 6.66. The highest BCUT2D eigenvalue weighted by molar-refractivity contribution is 7.92. The Kier molecular flexibility index (Phi) is 4.83. The summed E-state index contributed by atoms with van der Waals surface area (Å²) in [6.45, 7) is 1.30. The molecule has 1 saturated heterocycles. The number of rotatable bonds is 4. The first kappa shape index (κ1) is 17.9. The first-order valence-corrected chi connectivity index (χ1v) is 10.8. The van der Waals surface area contributed by atoms with Crippen molar-refractivity contribution in [3.8, 4) is 0 Å². The molecule has 1 aliphatic rings. The molecule has 0 spiro atoms. The zero-order chi connectivity index (χ0) is 18.1. The minimum atomic E-state index is -3.81. The molecule has 1 heterocycles. The Bertz CT molecular complexity index is 943. The Morgan fingerprint density at radius 2 is 1.64 bits per heavy atom. The number of hydrogen-bond acceptors (Lipinski definition) is 5. The maximum absolute atomic E-state index is 12.4. The lowest BCUT2D eigenvalue weighted by Gasteiger charge is -2.36. The molecule has 0 amide bonds. The maximum atomic E-state index is 12.4. The molecule has 1 fully saturated rings. The van der Waals surface area contributed by atoms with Gasteiger partial charge in [-0.15, -0.1) is 0 Å². The van der Waals surface area contributed by atoms with Gasteiger partial charge in [-0.05, 0) is 29.8 Å². The van der Waals surface area contributed by atoms with Gasteiger partial charge in [0.05, 0.1) is 23.0 Å². The normalized spacial score (nSPS) is 18.2. The van der Waals surface area contributed by atoms with Crippen molar-refractivity contribution in [1.29, 1.82) is 0 Å². The van der Waals surface area contributed by atoms with Crippen molar-refractivity contribution in [3.63, 3.8) is 0 Å². The Balaban J connectivity index is 1.82. The van der Waals surface area contributed by atoms with Crippen LogP contribution in [-0.4, -0.2) is 40.7 Å². The van der Waals surface area contributed by atoms with Gasteiger partial charge >= 0.3 is 0 Å². The van der Waals surface area contributed by atoms with Gasteiger partial charge in [0, 0.05) is 13.1 Å². The quantitative estimate of drug-likeness (QED) is 0.850. The van der Waals surface area contributed by atoms with Crippen LogP contribution in [0, 0.1) is 0 Å². The molecule has 9 heteroatoms. The summed E-state index contributed by atoms with van der Waals surface area (Å²) in [5.74, 6) is 0.0107. The van der Waals surface area contributed by atoms with Crippen molar-refractivity contribution in [1.82, 2.24) is 4.90 Å². The van der Waals surface area contributed by atoms with E-state index >= 15 is 0 Å². The molecule has 0 aliphatic carbocycles. The number of nitrogens with zero attached hydrogens (tertiary/aromatic N) is 2. The summed E-state index contributed by atoms with van der Waals surface area (Å²) in [5, 5.41) is 5.08. The van der Waals surface area contributed by atoms with Gasteiger partial charge in [0.25, 0.3) is 0 Å². The lowest BCUT2D eigenvalue weighted by atomic mass is 10.2. The van der Waals surface area contributed by atoms with E-state index in [0.717, 1.165) is 5.56 Å². The van der Waals surface area contributed by atoms with Crippen LogP contribution in [0.5, 0.6) is 0 Å². The van der Waals surface area contributed by atoms with Crippen LogP contribution in [0.1, 0.15) is 5.56 Å². The summed E-state index contributed by atoms with van der Waals surface area (Å²) >= 11 is 0. The van der Waals surface area contributed by atoms with Gasteiger partial charge in [-0.3, -0.25) is 9.21 Å². The lowest BCUT2D eigenvalue weighted by molar-refractivity contribution is 0.280. The lowest BCUT2D eigenvalue weighted by Crippen LogP contribution is -2.50. The Morgan fingerprint density at radius 3 is 2.24 bits per heavy atom. The fourth-order valence-corrected chi connectivity index (χ4v) is 4.72. The van der Waals surface area contributed by atoms with Crippen molar-refractivity contribution < 1.29 is 16.8 Å². The second kappa shape index (κ2) is 6.75. The number of nitrogens with two attached hydrogens (primary N) is 1. The summed E-state index contributed by atoms with van der Waals surface area (Å²) in [6, 6.07) is 15.4. The minimum absolute atomic E-state index is 0.0107. The Labute approximate surface area is 147 Å². The van der Waals surface area contributed by atoms with E-state index in [1.54, 1.807) is 0 Å². The molecule has 2 aromatic carbocycles. The molecule has 2 aromatic rings. The van der Waals surface area contributed by atoms with Crippen LogP contribution in [0.4, 0.5) is 5.69 Å². The molecule has 134 valence electrons. The molecule has 7 nitrogen and oxygen atoms in total. The third kappa shape index (κ3) is 4.18. The molecule has 0 aromatic heterocycles. The van der Waals surface area contributed by atoms with Crippen LogP contribution < -0.4 is 9.44 Å². The van der Waals surface area contributed by atoms with Gasteiger partial charge in [0.1, 0.15) is 0 Å². The second-order valence-corrected chi connectivity index (χ2v) is 9.46. The van der Waals surface area contributed by atoms with E-state index in [9.17, 15) is 16.8 Å². The van der Waals surface area contributed by atoms with E-state index in [0.29, 0.717) is 18.8 Å². The molecule has 25 heavy (non-hydrogen) atoms. The van der Waals surface area contributed by atoms with Crippen molar-refractivity contribution >= 4 is 25.7 Å². The summed E-state index contributed by atoms with van der Waals surface area (Å²) in [6.07, 6.45) is 0. The minimum Gasteiger partial charge on any atom is -0.280 e. The zero-order valence-electron chi connectivity index (χ0n) is 13.4. The van der Waals surface area contributed by atoms with Crippen LogP contribution in [-0.2, 0) is 26.6 Å². The molecule has 0 unspecified atom stereocenters. The van der Waals surface area contributed by atoms with E-state index < -0.39 is 20.0 Å². The highest BCUT2D eigenvalue weighted by atomic mass is 32.2. The molecule has 0 bridgehead atoms. The fourth-order valence-electron chi connectivity index (χ4n) is 2.71. The first-order chi connectivity index (χ1) is 11.8. The second-order valence-electron chi connectivity index (χ2n) is 5.88. The van der Waals surface area contributed by atoms with Crippen LogP contribution in [0.2, 0.25) is 0 Å².